The van der Waals surface area contributed by atoms with Gasteiger partial charge in [0.25, 0.3) is 0 Å². The van der Waals surface area contributed by atoms with Gasteiger partial charge < -0.3 is 5.73 Å². The maximum atomic E-state index is 12.6. The second kappa shape index (κ2) is 5.40. The molecule has 100 valence electrons. The van der Waals surface area contributed by atoms with Crippen LogP contribution in [0.5, 0.6) is 0 Å². The average molecular weight is 266 g/mol. The molecule has 0 bridgehead atoms. The third kappa shape index (κ3) is 3.32. The Labute approximate surface area is 109 Å². The van der Waals surface area contributed by atoms with Crippen LogP contribution < -0.4 is 5.73 Å². The number of hydrogen-bond donors (Lipinski definition) is 1. The number of alkyl halides is 3. The number of benzene rings is 1. The molecule has 2 N–H and O–H groups in total. The molecule has 5 heteroatoms. The van der Waals surface area contributed by atoms with Crippen molar-refractivity contribution in [1.82, 2.24) is 4.98 Å². The lowest BCUT2D eigenvalue weighted by Gasteiger charge is -2.08. The van der Waals surface area contributed by atoms with Crippen LogP contribution in [0.4, 0.5) is 13.2 Å². The van der Waals surface area contributed by atoms with Gasteiger partial charge in [-0.2, -0.15) is 13.2 Å². The number of hydrogen-bond acceptors (Lipinski definition) is 2. The average Bonchev–Trinajstić information content (AvgIpc) is 2.39. The molecule has 1 heterocycles. The Morgan fingerprint density at radius 3 is 2.32 bits per heavy atom. The van der Waals surface area contributed by atoms with Gasteiger partial charge in [0.05, 0.1) is 11.3 Å². The van der Waals surface area contributed by atoms with Crippen molar-refractivity contribution < 1.29 is 13.2 Å². The van der Waals surface area contributed by atoms with Crippen molar-refractivity contribution in [2.75, 3.05) is 6.54 Å². The van der Waals surface area contributed by atoms with Crippen LogP contribution in [-0.2, 0) is 12.6 Å². The lowest BCUT2D eigenvalue weighted by atomic mass is 10.1. The maximum Gasteiger partial charge on any atom is 0.416 e. The van der Waals surface area contributed by atoms with E-state index >= 15 is 0 Å². The second-order valence-corrected chi connectivity index (χ2v) is 4.16. The lowest BCUT2D eigenvalue weighted by molar-refractivity contribution is -0.137. The van der Waals surface area contributed by atoms with Gasteiger partial charge in [-0.1, -0.05) is 24.3 Å². The zero-order valence-corrected chi connectivity index (χ0v) is 10.1. The first-order valence-electron chi connectivity index (χ1n) is 5.83. The molecule has 2 aromatic rings. The molecular formula is C14H13F3N2. The summed E-state index contributed by atoms with van der Waals surface area (Å²) in [5, 5.41) is 0. The molecule has 1 aromatic heterocycles. The van der Waals surface area contributed by atoms with E-state index in [0.29, 0.717) is 17.8 Å². The van der Waals surface area contributed by atoms with Gasteiger partial charge in [-0.25, -0.2) is 0 Å². The molecule has 2 rings (SSSR count). The van der Waals surface area contributed by atoms with Crippen molar-refractivity contribution in [3.8, 4) is 11.3 Å². The number of rotatable bonds is 3. The zero-order chi connectivity index (χ0) is 13.9. The number of aromatic nitrogens is 1. The highest BCUT2D eigenvalue weighted by Crippen LogP contribution is 2.31. The Kier molecular flexibility index (Phi) is 3.85. The van der Waals surface area contributed by atoms with E-state index in [4.69, 9.17) is 5.73 Å². The van der Waals surface area contributed by atoms with Crippen LogP contribution in [0.1, 0.15) is 11.1 Å². The topological polar surface area (TPSA) is 38.9 Å². The predicted octanol–water partition coefficient (Wildman–Crippen LogP) is 3.27. The first kappa shape index (κ1) is 13.5. The van der Waals surface area contributed by atoms with Gasteiger partial charge >= 0.3 is 6.18 Å². The Hall–Kier alpha value is -1.88. The fraction of sp³-hybridized carbons (Fsp3) is 0.214. The van der Waals surface area contributed by atoms with Crippen LogP contribution in [-0.4, -0.2) is 11.5 Å². The third-order valence-electron chi connectivity index (χ3n) is 2.77. The highest BCUT2D eigenvalue weighted by atomic mass is 19.4. The summed E-state index contributed by atoms with van der Waals surface area (Å²) in [5.41, 5.74) is 6.78. The molecule has 0 aliphatic heterocycles. The molecule has 0 unspecified atom stereocenters. The van der Waals surface area contributed by atoms with Crippen LogP contribution in [0, 0.1) is 0 Å². The largest absolute Gasteiger partial charge is 0.416 e. The van der Waals surface area contributed by atoms with Crippen molar-refractivity contribution in [3.05, 3.63) is 53.7 Å². The number of nitrogens with zero attached hydrogens (tertiary/aromatic N) is 1. The van der Waals surface area contributed by atoms with E-state index in [-0.39, 0.29) is 0 Å². The molecule has 1 aromatic carbocycles. The summed E-state index contributed by atoms with van der Waals surface area (Å²) in [6.07, 6.45) is -2.43. The van der Waals surface area contributed by atoms with Crippen molar-refractivity contribution in [2.45, 2.75) is 12.6 Å². The van der Waals surface area contributed by atoms with E-state index in [2.05, 4.69) is 4.98 Å². The third-order valence-corrected chi connectivity index (χ3v) is 2.77. The van der Waals surface area contributed by atoms with Gasteiger partial charge in [-0.05, 0) is 30.7 Å². The van der Waals surface area contributed by atoms with Crippen LogP contribution >= 0.6 is 0 Å². The highest BCUT2D eigenvalue weighted by Gasteiger charge is 2.30. The monoisotopic (exact) mass is 266 g/mol. The van der Waals surface area contributed by atoms with Crippen molar-refractivity contribution in [3.63, 3.8) is 0 Å². The summed E-state index contributed by atoms with van der Waals surface area (Å²) in [6.45, 7) is 0.543. The molecule has 0 saturated heterocycles. The van der Waals surface area contributed by atoms with E-state index in [1.165, 1.54) is 6.20 Å². The SMILES string of the molecule is NCCc1ccc(-c2cc(C(F)(F)F)ccn2)cc1. The van der Waals surface area contributed by atoms with E-state index in [1.807, 2.05) is 12.1 Å². The first-order valence-corrected chi connectivity index (χ1v) is 5.83. The molecule has 0 radical (unpaired) electrons. The van der Waals surface area contributed by atoms with Gasteiger partial charge in [0.15, 0.2) is 0 Å². The standard InChI is InChI=1S/C14H13F3N2/c15-14(16,17)12-6-8-19-13(9-12)11-3-1-10(2-4-11)5-7-18/h1-4,6,8-9H,5,7,18H2. The smallest absolute Gasteiger partial charge is 0.330 e. The number of halogens is 3. The molecule has 0 amide bonds. The van der Waals surface area contributed by atoms with Gasteiger partial charge in [0.1, 0.15) is 0 Å². The molecule has 0 aliphatic carbocycles. The van der Waals surface area contributed by atoms with Gasteiger partial charge in [-0.3, -0.25) is 4.98 Å². The fourth-order valence-electron chi connectivity index (χ4n) is 1.77. The van der Waals surface area contributed by atoms with Crippen LogP contribution in [0.3, 0.4) is 0 Å². The Morgan fingerprint density at radius 1 is 1.05 bits per heavy atom. The summed E-state index contributed by atoms with van der Waals surface area (Å²) < 4.78 is 37.8. The molecule has 0 aliphatic rings. The molecular weight excluding hydrogens is 253 g/mol. The summed E-state index contributed by atoms with van der Waals surface area (Å²) in [4.78, 5) is 3.97. The lowest BCUT2D eigenvalue weighted by Crippen LogP contribution is -2.05. The van der Waals surface area contributed by atoms with Crippen molar-refractivity contribution in [1.29, 1.82) is 0 Å². The summed E-state index contributed by atoms with van der Waals surface area (Å²) in [5.74, 6) is 0. The van der Waals surface area contributed by atoms with Crippen molar-refractivity contribution in [2.24, 2.45) is 5.73 Å². The van der Waals surface area contributed by atoms with E-state index < -0.39 is 11.7 Å². The van der Waals surface area contributed by atoms with E-state index in [1.54, 1.807) is 12.1 Å². The normalized spacial score (nSPS) is 11.6. The minimum Gasteiger partial charge on any atom is -0.330 e. The van der Waals surface area contributed by atoms with Crippen LogP contribution in [0.25, 0.3) is 11.3 Å². The minimum absolute atomic E-state index is 0.314. The minimum atomic E-state index is -4.35. The molecule has 19 heavy (non-hydrogen) atoms. The van der Waals surface area contributed by atoms with Gasteiger partial charge in [-0.15, -0.1) is 0 Å². The molecule has 0 spiro atoms. The van der Waals surface area contributed by atoms with E-state index in [9.17, 15) is 13.2 Å². The fourth-order valence-corrected chi connectivity index (χ4v) is 1.77. The Balaban J connectivity index is 2.31. The number of pyridine rings is 1. The zero-order valence-electron chi connectivity index (χ0n) is 10.1. The Morgan fingerprint density at radius 2 is 1.74 bits per heavy atom. The molecule has 0 atom stereocenters. The van der Waals surface area contributed by atoms with Crippen molar-refractivity contribution >= 4 is 0 Å². The van der Waals surface area contributed by atoms with Gasteiger partial charge in [0, 0.05) is 11.8 Å². The predicted molar refractivity (Wildman–Crippen MR) is 67.4 cm³/mol. The summed E-state index contributed by atoms with van der Waals surface area (Å²) >= 11 is 0. The molecule has 2 nitrogen and oxygen atoms in total. The first-order chi connectivity index (χ1) is 9.00. The second-order valence-electron chi connectivity index (χ2n) is 4.16. The van der Waals surface area contributed by atoms with E-state index in [0.717, 1.165) is 24.1 Å². The Bertz CT molecular complexity index is 547. The quantitative estimate of drug-likeness (QED) is 0.926. The molecule has 0 fully saturated rings. The number of nitrogens with two attached hydrogens (primary N) is 1. The van der Waals surface area contributed by atoms with Gasteiger partial charge in [0.2, 0.25) is 0 Å². The summed E-state index contributed by atoms with van der Waals surface area (Å²) in [6, 6.07) is 9.24. The maximum absolute atomic E-state index is 12.6. The summed E-state index contributed by atoms with van der Waals surface area (Å²) in [7, 11) is 0. The highest BCUT2D eigenvalue weighted by molar-refractivity contribution is 5.60. The van der Waals surface area contributed by atoms with Crippen LogP contribution in [0.2, 0.25) is 0 Å². The van der Waals surface area contributed by atoms with Crippen LogP contribution in [0.15, 0.2) is 42.6 Å². The molecule has 0 saturated carbocycles.